The lowest BCUT2D eigenvalue weighted by atomic mass is 10.1. The average Bonchev–Trinajstić information content (AvgIpc) is 2.26. The number of hydrogen-bond acceptors (Lipinski definition) is 2. The van der Waals surface area contributed by atoms with Gasteiger partial charge in [0.1, 0.15) is 0 Å². The number of rotatable bonds is 2. The first-order valence-electron chi connectivity index (χ1n) is 4.51. The molecule has 0 amide bonds. The molecule has 1 aliphatic heterocycles. The molecule has 0 N–H and O–H groups in total. The highest BCUT2D eigenvalue weighted by molar-refractivity contribution is 5.13. The van der Waals surface area contributed by atoms with E-state index in [9.17, 15) is 30.7 Å². The zero-order chi connectivity index (χ0) is 13.3. The van der Waals surface area contributed by atoms with Crippen molar-refractivity contribution in [3.05, 3.63) is 11.9 Å². The summed E-state index contributed by atoms with van der Waals surface area (Å²) in [4.78, 5) is -0.0506. The summed E-state index contributed by atoms with van der Waals surface area (Å²) in [6.07, 6.45) is -9.12. The fraction of sp³-hybridized carbons (Fsp3) is 0.750. The lowest BCUT2D eigenvalue weighted by Crippen LogP contribution is -2.59. The monoisotopic (exact) mass is 267 g/mol. The Labute approximate surface area is 91.6 Å². The average molecular weight is 267 g/mol. The summed E-state index contributed by atoms with van der Waals surface area (Å²) in [5, 5.41) is 0. The van der Waals surface area contributed by atoms with Gasteiger partial charge in [0.05, 0.1) is 13.2 Å². The zero-order valence-electron chi connectivity index (χ0n) is 8.33. The summed E-state index contributed by atoms with van der Waals surface area (Å²) in [5.74, 6) is -7.91. The summed E-state index contributed by atoms with van der Waals surface area (Å²) in [7, 11) is 0. The van der Waals surface area contributed by atoms with Crippen molar-refractivity contribution in [2.75, 3.05) is 26.3 Å². The van der Waals surface area contributed by atoms with Gasteiger partial charge in [0.2, 0.25) is 5.83 Å². The van der Waals surface area contributed by atoms with Crippen LogP contribution in [0.2, 0.25) is 0 Å². The van der Waals surface area contributed by atoms with E-state index in [4.69, 9.17) is 0 Å². The maximum absolute atomic E-state index is 13.7. The van der Waals surface area contributed by atoms with Crippen LogP contribution in [0.4, 0.5) is 30.7 Å². The van der Waals surface area contributed by atoms with Crippen molar-refractivity contribution in [2.24, 2.45) is 0 Å². The van der Waals surface area contributed by atoms with Gasteiger partial charge in [-0.2, -0.15) is 22.0 Å². The number of alkyl halides is 4. The van der Waals surface area contributed by atoms with Crippen molar-refractivity contribution in [1.82, 2.24) is 4.90 Å². The van der Waals surface area contributed by atoms with Crippen LogP contribution < -0.4 is 0 Å². The predicted octanol–water partition coefficient (Wildman–Crippen LogP) is 2.62. The molecule has 1 rings (SSSR count). The molecule has 1 fully saturated rings. The standard InChI is InChI=1S/C8H8F7NO/c9-5(6(10)11)7(12,8(13,14)15)16-1-3-17-4-2-16/h1-4H2. The molecule has 1 saturated heterocycles. The third-order valence-corrected chi connectivity index (χ3v) is 2.28. The molecular weight excluding hydrogens is 259 g/mol. The number of nitrogens with zero attached hydrogens (tertiary/aromatic N) is 1. The van der Waals surface area contributed by atoms with Gasteiger partial charge in [-0.3, -0.25) is 4.90 Å². The van der Waals surface area contributed by atoms with Crippen molar-refractivity contribution >= 4 is 0 Å². The third-order valence-electron chi connectivity index (χ3n) is 2.28. The summed E-state index contributed by atoms with van der Waals surface area (Å²) in [6.45, 7) is -1.83. The molecule has 17 heavy (non-hydrogen) atoms. The van der Waals surface area contributed by atoms with E-state index in [0.717, 1.165) is 0 Å². The van der Waals surface area contributed by atoms with Crippen molar-refractivity contribution in [3.63, 3.8) is 0 Å². The first kappa shape index (κ1) is 14.2. The molecular formula is C8H8F7NO. The van der Waals surface area contributed by atoms with Gasteiger partial charge in [-0.15, -0.1) is 0 Å². The maximum atomic E-state index is 13.7. The van der Waals surface area contributed by atoms with Crippen LogP contribution in [-0.2, 0) is 4.74 Å². The number of ether oxygens (including phenoxy) is 1. The summed E-state index contributed by atoms with van der Waals surface area (Å²) < 4.78 is 92.2. The summed E-state index contributed by atoms with van der Waals surface area (Å²) in [5.41, 5.74) is 0. The maximum Gasteiger partial charge on any atom is 0.443 e. The van der Waals surface area contributed by atoms with E-state index in [1.165, 1.54) is 0 Å². The minimum absolute atomic E-state index is 0.0506. The zero-order valence-corrected chi connectivity index (χ0v) is 8.33. The first-order valence-corrected chi connectivity index (χ1v) is 4.51. The second kappa shape index (κ2) is 4.81. The summed E-state index contributed by atoms with van der Waals surface area (Å²) >= 11 is 0. The van der Waals surface area contributed by atoms with Crippen molar-refractivity contribution in [3.8, 4) is 0 Å². The Morgan fingerprint density at radius 1 is 0.941 bits per heavy atom. The van der Waals surface area contributed by atoms with E-state index in [1.54, 1.807) is 0 Å². The van der Waals surface area contributed by atoms with Gasteiger partial charge in [0.25, 0.3) is 0 Å². The van der Waals surface area contributed by atoms with Crippen LogP contribution in [0.3, 0.4) is 0 Å². The predicted molar refractivity (Wildman–Crippen MR) is 42.6 cm³/mol. The quantitative estimate of drug-likeness (QED) is 0.563. The third kappa shape index (κ3) is 2.54. The molecule has 0 saturated carbocycles. The van der Waals surface area contributed by atoms with E-state index in [0.29, 0.717) is 0 Å². The van der Waals surface area contributed by atoms with Gasteiger partial charge in [-0.25, -0.2) is 8.78 Å². The smallest absolute Gasteiger partial charge is 0.379 e. The Bertz CT molecular complexity index is 305. The van der Waals surface area contributed by atoms with Crippen LogP contribution in [0.25, 0.3) is 0 Å². The fourth-order valence-corrected chi connectivity index (χ4v) is 1.44. The highest BCUT2D eigenvalue weighted by Gasteiger charge is 2.65. The highest BCUT2D eigenvalue weighted by atomic mass is 19.4. The van der Waals surface area contributed by atoms with Gasteiger partial charge < -0.3 is 4.74 Å². The molecule has 1 atom stereocenters. The SMILES string of the molecule is FC(F)=C(F)C(F)(N1CCOCC1)C(F)(F)F. The van der Waals surface area contributed by atoms with Crippen LogP contribution >= 0.6 is 0 Å². The van der Waals surface area contributed by atoms with Gasteiger partial charge in [-0.05, 0) is 0 Å². The van der Waals surface area contributed by atoms with Crippen LogP contribution in [0.1, 0.15) is 0 Å². The number of hydrogen-bond donors (Lipinski definition) is 0. The highest BCUT2D eigenvalue weighted by Crippen LogP contribution is 2.44. The van der Waals surface area contributed by atoms with E-state index >= 15 is 0 Å². The lowest BCUT2D eigenvalue weighted by Gasteiger charge is -2.38. The molecule has 2 nitrogen and oxygen atoms in total. The fourth-order valence-electron chi connectivity index (χ4n) is 1.44. The van der Waals surface area contributed by atoms with Crippen LogP contribution in [0.5, 0.6) is 0 Å². The molecule has 9 heteroatoms. The molecule has 0 aliphatic carbocycles. The van der Waals surface area contributed by atoms with Gasteiger partial charge in [0, 0.05) is 13.1 Å². The molecule has 0 bridgehead atoms. The van der Waals surface area contributed by atoms with Crippen molar-refractivity contribution in [1.29, 1.82) is 0 Å². The molecule has 0 spiro atoms. The molecule has 1 unspecified atom stereocenters. The Morgan fingerprint density at radius 3 is 1.76 bits per heavy atom. The Kier molecular flexibility index (Phi) is 4.03. The summed E-state index contributed by atoms with van der Waals surface area (Å²) in [6, 6.07) is 0. The molecule has 0 aromatic carbocycles. The topological polar surface area (TPSA) is 12.5 Å². The normalized spacial score (nSPS) is 22.1. The van der Waals surface area contributed by atoms with E-state index in [-0.39, 0.29) is 18.1 Å². The molecule has 0 radical (unpaired) electrons. The Morgan fingerprint density at radius 2 is 1.41 bits per heavy atom. The molecule has 0 aromatic heterocycles. The van der Waals surface area contributed by atoms with E-state index < -0.39 is 37.0 Å². The molecule has 0 aromatic rings. The van der Waals surface area contributed by atoms with E-state index in [1.807, 2.05) is 0 Å². The van der Waals surface area contributed by atoms with Gasteiger partial charge in [0.15, 0.2) is 0 Å². The minimum Gasteiger partial charge on any atom is -0.379 e. The second-order valence-corrected chi connectivity index (χ2v) is 3.29. The first-order chi connectivity index (χ1) is 7.71. The lowest BCUT2D eigenvalue weighted by molar-refractivity contribution is -0.281. The van der Waals surface area contributed by atoms with Crippen molar-refractivity contribution in [2.45, 2.75) is 12.0 Å². The van der Waals surface area contributed by atoms with Crippen LogP contribution in [-0.4, -0.2) is 43.2 Å². The molecule has 100 valence electrons. The van der Waals surface area contributed by atoms with Crippen molar-refractivity contribution < 1.29 is 35.5 Å². The minimum atomic E-state index is -5.79. The van der Waals surface area contributed by atoms with Crippen LogP contribution in [0, 0.1) is 0 Å². The van der Waals surface area contributed by atoms with E-state index in [2.05, 4.69) is 4.74 Å². The second-order valence-electron chi connectivity index (χ2n) is 3.29. The van der Waals surface area contributed by atoms with Gasteiger partial charge in [-0.1, -0.05) is 0 Å². The molecule has 1 heterocycles. The number of halogens is 7. The Hall–Kier alpha value is -0.830. The number of morpholine rings is 1. The Balaban J connectivity index is 3.14. The van der Waals surface area contributed by atoms with Crippen LogP contribution in [0.15, 0.2) is 11.9 Å². The molecule has 1 aliphatic rings. The largest absolute Gasteiger partial charge is 0.443 e. The van der Waals surface area contributed by atoms with Gasteiger partial charge >= 0.3 is 18.0 Å².